The average molecular weight is 441 g/mol. The minimum atomic E-state index is 0.0286. The van der Waals surface area contributed by atoms with Crippen LogP contribution >= 0.6 is 11.8 Å². The number of aromatic amines is 1. The van der Waals surface area contributed by atoms with Gasteiger partial charge in [0.1, 0.15) is 12.1 Å². The molecule has 0 unspecified atom stereocenters. The maximum Gasteiger partial charge on any atom is 0.196 e. The van der Waals surface area contributed by atoms with Gasteiger partial charge in [0.05, 0.1) is 29.8 Å². The number of ketones is 1. The van der Waals surface area contributed by atoms with Crippen LogP contribution in [0.5, 0.6) is 5.75 Å². The highest BCUT2D eigenvalue weighted by atomic mass is 32.2. The maximum atomic E-state index is 13.5. The Morgan fingerprint density at radius 2 is 1.75 bits per heavy atom. The van der Waals surface area contributed by atoms with Gasteiger partial charge in [-0.05, 0) is 23.8 Å². The second kappa shape index (κ2) is 8.72. The summed E-state index contributed by atoms with van der Waals surface area (Å²) >= 11 is 1.36. The van der Waals surface area contributed by atoms with E-state index < -0.39 is 0 Å². The highest BCUT2D eigenvalue weighted by Crippen LogP contribution is 2.32. The molecule has 2 aromatic heterocycles. The van der Waals surface area contributed by atoms with Crippen molar-refractivity contribution in [2.75, 3.05) is 12.9 Å². The van der Waals surface area contributed by atoms with Gasteiger partial charge in [0.2, 0.25) is 0 Å². The number of hydrogen-bond acceptors (Lipinski definition) is 5. The number of para-hydroxylation sites is 3. The minimum absolute atomic E-state index is 0.0286. The molecule has 0 amide bonds. The lowest BCUT2D eigenvalue weighted by Gasteiger charge is -2.10. The van der Waals surface area contributed by atoms with Crippen molar-refractivity contribution in [1.29, 1.82) is 0 Å². The number of carbonyl (C=O) groups excluding carboxylic acids is 1. The predicted octanol–water partition coefficient (Wildman–Crippen LogP) is 5.40. The smallest absolute Gasteiger partial charge is 0.196 e. The van der Waals surface area contributed by atoms with Crippen molar-refractivity contribution in [1.82, 2.24) is 19.7 Å². The SMILES string of the molecule is COc1ccccc1-n1cnnc1SCC(=O)c1c(-c2ccccc2)[nH]c2ccccc12. The van der Waals surface area contributed by atoms with E-state index in [-0.39, 0.29) is 11.5 Å². The second-order valence-corrected chi connectivity index (χ2v) is 8.10. The molecule has 5 aromatic rings. The Morgan fingerprint density at radius 1 is 1.00 bits per heavy atom. The fourth-order valence-corrected chi connectivity index (χ4v) is 4.57. The molecule has 32 heavy (non-hydrogen) atoms. The molecule has 1 N–H and O–H groups in total. The number of fused-ring (bicyclic) bond motifs is 1. The van der Waals surface area contributed by atoms with Gasteiger partial charge in [0, 0.05) is 10.9 Å². The van der Waals surface area contributed by atoms with Crippen LogP contribution in [0.2, 0.25) is 0 Å². The van der Waals surface area contributed by atoms with E-state index in [1.165, 1.54) is 11.8 Å². The molecule has 6 nitrogen and oxygen atoms in total. The Bertz CT molecular complexity index is 1390. The quantitative estimate of drug-likeness (QED) is 0.271. The van der Waals surface area contributed by atoms with E-state index in [0.717, 1.165) is 27.8 Å². The summed E-state index contributed by atoms with van der Waals surface area (Å²) in [5.74, 6) is 0.972. The number of thioether (sulfide) groups is 1. The highest BCUT2D eigenvalue weighted by Gasteiger charge is 2.21. The summed E-state index contributed by atoms with van der Waals surface area (Å²) in [5.41, 5.74) is 4.28. The molecule has 0 aliphatic carbocycles. The normalized spacial score (nSPS) is 11.0. The van der Waals surface area contributed by atoms with Gasteiger partial charge in [-0.2, -0.15) is 0 Å². The van der Waals surface area contributed by atoms with E-state index in [2.05, 4.69) is 15.2 Å². The Labute approximate surface area is 189 Å². The van der Waals surface area contributed by atoms with Crippen LogP contribution in [0.15, 0.2) is 90.3 Å². The van der Waals surface area contributed by atoms with Crippen LogP contribution in [0, 0.1) is 0 Å². The lowest BCUT2D eigenvalue weighted by Crippen LogP contribution is -2.06. The van der Waals surface area contributed by atoms with Crippen molar-refractivity contribution < 1.29 is 9.53 Å². The van der Waals surface area contributed by atoms with Crippen molar-refractivity contribution >= 4 is 28.4 Å². The number of nitrogens with zero attached hydrogens (tertiary/aromatic N) is 3. The molecule has 0 atom stereocenters. The molecule has 0 radical (unpaired) electrons. The van der Waals surface area contributed by atoms with Crippen molar-refractivity contribution in [3.05, 3.63) is 90.8 Å². The Balaban J connectivity index is 1.47. The number of ether oxygens (including phenoxy) is 1. The first-order valence-corrected chi connectivity index (χ1v) is 11.1. The minimum Gasteiger partial charge on any atom is -0.495 e. The van der Waals surface area contributed by atoms with E-state index in [4.69, 9.17) is 4.74 Å². The third-order valence-corrected chi connectivity index (χ3v) is 6.18. The van der Waals surface area contributed by atoms with E-state index in [9.17, 15) is 4.79 Å². The van der Waals surface area contributed by atoms with Crippen molar-refractivity contribution in [3.63, 3.8) is 0 Å². The van der Waals surface area contributed by atoms with E-state index in [0.29, 0.717) is 16.5 Å². The average Bonchev–Trinajstić information content (AvgIpc) is 3.48. The Kier molecular flexibility index (Phi) is 5.47. The van der Waals surface area contributed by atoms with Crippen molar-refractivity contribution in [2.45, 2.75) is 5.16 Å². The van der Waals surface area contributed by atoms with Gasteiger partial charge in [-0.15, -0.1) is 10.2 Å². The third-order valence-electron chi connectivity index (χ3n) is 5.24. The molecule has 0 saturated heterocycles. The van der Waals surface area contributed by atoms with Gasteiger partial charge in [-0.25, -0.2) is 0 Å². The van der Waals surface area contributed by atoms with E-state index in [1.54, 1.807) is 13.4 Å². The number of methoxy groups -OCH3 is 1. The number of rotatable bonds is 7. The summed E-state index contributed by atoms with van der Waals surface area (Å²) in [7, 11) is 1.63. The number of benzene rings is 3. The number of carbonyl (C=O) groups is 1. The highest BCUT2D eigenvalue weighted by molar-refractivity contribution is 7.99. The zero-order chi connectivity index (χ0) is 21.9. The topological polar surface area (TPSA) is 72.8 Å². The van der Waals surface area contributed by atoms with Crippen molar-refractivity contribution in [2.24, 2.45) is 0 Å². The fraction of sp³-hybridized carbons (Fsp3) is 0.0800. The number of H-pyrrole nitrogens is 1. The van der Waals surface area contributed by atoms with Gasteiger partial charge < -0.3 is 9.72 Å². The van der Waals surface area contributed by atoms with Crippen LogP contribution in [0.1, 0.15) is 10.4 Å². The van der Waals surface area contributed by atoms with Crippen LogP contribution in [-0.4, -0.2) is 38.4 Å². The molecule has 0 bridgehead atoms. The Morgan fingerprint density at radius 3 is 2.59 bits per heavy atom. The van der Waals surface area contributed by atoms with Gasteiger partial charge in [0.25, 0.3) is 0 Å². The summed E-state index contributed by atoms with van der Waals surface area (Å²) in [6.45, 7) is 0. The molecule has 0 aliphatic rings. The molecule has 0 saturated carbocycles. The molecule has 5 rings (SSSR count). The number of nitrogens with one attached hydrogen (secondary N) is 1. The number of hydrogen-bond donors (Lipinski definition) is 1. The lowest BCUT2D eigenvalue weighted by atomic mass is 10.0. The zero-order valence-corrected chi connectivity index (χ0v) is 18.2. The lowest BCUT2D eigenvalue weighted by molar-refractivity contribution is 0.102. The monoisotopic (exact) mass is 440 g/mol. The molecule has 0 spiro atoms. The summed E-state index contributed by atoms with van der Waals surface area (Å²) in [6, 6.07) is 25.5. The summed E-state index contributed by atoms with van der Waals surface area (Å²) in [5, 5.41) is 9.82. The summed E-state index contributed by atoms with van der Waals surface area (Å²) < 4.78 is 7.30. The van der Waals surface area contributed by atoms with Gasteiger partial charge >= 0.3 is 0 Å². The van der Waals surface area contributed by atoms with Gasteiger partial charge in [0.15, 0.2) is 10.9 Å². The maximum absolute atomic E-state index is 13.5. The van der Waals surface area contributed by atoms with Crippen LogP contribution < -0.4 is 4.74 Å². The van der Waals surface area contributed by atoms with Gasteiger partial charge in [-0.3, -0.25) is 9.36 Å². The van der Waals surface area contributed by atoms with Gasteiger partial charge in [-0.1, -0.05) is 72.4 Å². The fourth-order valence-electron chi connectivity index (χ4n) is 3.77. The molecular formula is C25H20N4O2S. The van der Waals surface area contributed by atoms with E-state index >= 15 is 0 Å². The van der Waals surface area contributed by atoms with Crippen LogP contribution in [0.25, 0.3) is 27.8 Å². The number of Topliss-reactive ketones (excluding diaryl/α,β-unsaturated/α-hetero) is 1. The first kappa shape index (κ1) is 20.1. The standard InChI is InChI=1S/C25H20N4O2S/c1-31-22-14-8-7-13-20(22)29-16-26-28-25(29)32-15-21(30)23-18-11-5-6-12-19(18)27-24(23)17-9-3-2-4-10-17/h2-14,16,27H,15H2,1H3. The molecule has 7 heteroatoms. The van der Waals surface area contributed by atoms with E-state index in [1.807, 2.05) is 83.4 Å². The second-order valence-electron chi connectivity index (χ2n) is 7.15. The number of aromatic nitrogens is 4. The summed E-state index contributed by atoms with van der Waals surface area (Å²) in [6.07, 6.45) is 1.63. The molecule has 3 aromatic carbocycles. The van der Waals surface area contributed by atoms with Crippen LogP contribution in [0.3, 0.4) is 0 Å². The largest absolute Gasteiger partial charge is 0.495 e. The Hall–Kier alpha value is -3.84. The molecule has 2 heterocycles. The summed E-state index contributed by atoms with van der Waals surface area (Å²) in [4.78, 5) is 16.9. The first-order valence-electron chi connectivity index (χ1n) is 10.1. The van der Waals surface area contributed by atoms with Crippen molar-refractivity contribution in [3.8, 4) is 22.7 Å². The molecule has 0 fully saturated rings. The van der Waals surface area contributed by atoms with Crippen LogP contribution in [0.4, 0.5) is 0 Å². The molecule has 0 aliphatic heterocycles. The molecular weight excluding hydrogens is 420 g/mol. The molecule has 158 valence electrons. The third kappa shape index (κ3) is 3.67. The van der Waals surface area contributed by atoms with Crippen LogP contribution in [-0.2, 0) is 0 Å². The predicted molar refractivity (Wildman–Crippen MR) is 127 cm³/mol. The first-order chi connectivity index (χ1) is 15.8. The zero-order valence-electron chi connectivity index (χ0n) is 17.4.